The van der Waals surface area contributed by atoms with Crippen molar-refractivity contribution in [1.82, 2.24) is 15.5 Å². The van der Waals surface area contributed by atoms with E-state index >= 15 is 0 Å². The fraction of sp³-hybridized carbons (Fsp3) is 0.688. The van der Waals surface area contributed by atoms with Crippen LogP contribution in [-0.2, 0) is 0 Å². The maximum absolute atomic E-state index is 4.72. The second-order valence-electron chi connectivity index (χ2n) is 6.20. The number of nitrogens with zero attached hydrogens (tertiary/aromatic N) is 2. The lowest BCUT2D eigenvalue weighted by atomic mass is 10.1. The highest BCUT2D eigenvalue weighted by Crippen LogP contribution is 2.19. The lowest BCUT2D eigenvalue weighted by Crippen LogP contribution is -2.44. The molecule has 1 unspecified atom stereocenters. The first-order valence-corrected chi connectivity index (χ1v) is 8.47. The van der Waals surface area contributed by atoms with Crippen LogP contribution in [0.3, 0.4) is 0 Å². The van der Waals surface area contributed by atoms with E-state index in [0.29, 0.717) is 5.92 Å². The van der Waals surface area contributed by atoms with Gasteiger partial charge in [-0.15, -0.1) is 35.3 Å². The lowest BCUT2D eigenvalue weighted by Gasteiger charge is -2.31. The van der Waals surface area contributed by atoms with Crippen molar-refractivity contribution in [3.63, 3.8) is 0 Å². The number of nitrogens with one attached hydrogen (secondary N) is 2. The summed E-state index contributed by atoms with van der Waals surface area (Å²) in [5.74, 6) is 1.39. The van der Waals surface area contributed by atoms with Crippen molar-refractivity contribution in [3.05, 3.63) is 22.4 Å². The molecule has 0 saturated carbocycles. The van der Waals surface area contributed by atoms with Gasteiger partial charge in [-0.3, -0.25) is 4.99 Å². The van der Waals surface area contributed by atoms with Crippen LogP contribution in [-0.4, -0.2) is 50.1 Å². The first-order valence-electron chi connectivity index (χ1n) is 7.60. The Morgan fingerprint density at radius 2 is 2.05 bits per heavy atom. The summed E-state index contributed by atoms with van der Waals surface area (Å²) in [6.07, 6.45) is 0. The first kappa shape index (κ1) is 21.7. The van der Waals surface area contributed by atoms with E-state index in [1.165, 1.54) is 4.88 Å². The number of guanidine groups is 1. The highest BCUT2D eigenvalue weighted by Gasteiger charge is 2.20. The van der Waals surface area contributed by atoms with E-state index in [1.807, 2.05) is 11.3 Å². The summed E-state index contributed by atoms with van der Waals surface area (Å²) < 4.78 is 0. The van der Waals surface area contributed by atoms with Gasteiger partial charge in [0.15, 0.2) is 5.96 Å². The van der Waals surface area contributed by atoms with Crippen molar-refractivity contribution in [2.75, 3.05) is 33.7 Å². The van der Waals surface area contributed by atoms with Crippen LogP contribution >= 0.6 is 35.3 Å². The molecule has 6 heteroatoms. The molecule has 1 aromatic rings. The van der Waals surface area contributed by atoms with Gasteiger partial charge in [0.05, 0.1) is 6.54 Å². The largest absolute Gasteiger partial charge is 0.357 e. The zero-order chi connectivity index (χ0) is 15.9. The minimum atomic E-state index is 0. The minimum absolute atomic E-state index is 0. The van der Waals surface area contributed by atoms with E-state index in [4.69, 9.17) is 4.99 Å². The number of rotatable bonds is 7. The SMILES string of the molecule is CCNC(=NCC(C)(C)N(C)C)NCC(C)c1cccs1.I. The average Bonchev–Trinajstić information content (AvgIpc) is 2.95. The first-order chi connectivity index (χ1) is 9.86. The number of hydrogen-bond acceptors (Lipinski definition) is 3. The smallest absolute Gasteiger partial charge is 0.191 e. The Morgan fingerprint density at radius 1 is 1.36 bits per heavy atom. The van der Waals surface area contributed by atoms with Crippen LogP contribution in [0.1, 0.15) is 38.5 Å². The molecule has 0 amide bonds. The van der Waals surface area contributed by atoms with Gasteiger partial charge in [-0.05, 0) is 46.3 Å². The molecule has 0 aliphatic rings. The molecule has 1 aromatic heterocycles. The van der Waals surface area contributed by atoms with E-state index < -0.39 is 0 Å². The van der Waals surface area contributed by atoms with Gasteiger partial charge in [-0.1, -0.05) is 13.0 Å². The molecule has 0 saturated heterocycles. The van der Waals surface area contributed by atoms with Gasteiger partial charge >= 0.3 is 0 Å². The van der Waals surface area contributed by atoms with Crippen LogP contribution in [0.5, 0.6) is 0 Å². The number of halogens is 1. The fourth-order valence-electron chi connectivity index (χ4n) is 1.68. The summed E-state index contributed by atoms with van der Waals surface area (Å²) in [7, 11) is 4.18. The molecule has 0 fully saturated rings. The zero-order valence-electron chi connectivity index (χ0n) is 14.6. The molecule has 0 aliphatic carbocycles. The molecular formula is C16H31IN4S. The normalized spacial score (nSPS) is 13.7. The number of likely N-dealkylation sites (N-methyl/N-ethyl adjacent to an activating group) is 1. The highest BCUT2D eigenvalue weighted by atomic mass is 127. The Morgan fingerprint density at radius 3 is 2.55 bits per heavy atom. The summed E-state index contributed by atoms with van der Waals surface area (Å²) >= 11 is 1.81. The summed E-state index contributed by atoms with van der Waals surface area (Å²) in [5.41, 5.74) is 0.0573. The Bertz CT molecular complexity index is 429. The summed E-state index contributed by atoms with van der Waals surface area (Å²) in [6.45, 7) is 11.3. The van der Waals surface area contributed by atoms with Crippen molar-refractivity contribution >= 4 is 41.3 Å². The standard InChI is InChI=1S/C16H30N4S.HI/c1-7-17-15(19-12-16(3,4)20(5)6)18-11-13(2)14-9-8-10-21-14;/h8-10,13H,7,11-12H2,1-6H3,(H2,17,18,19);1H. The average molecular weight is 438 g/mol. The van der Waals surface area contributed by atoms with Gasteiger partial charge in [0, 0.05) is 29.4 Å². The molecular weight excluding hydrogens is 407 g/mol. The number of thiophene rings is 1. The molecule has 22 heavy (non-hydrogen) atoms. The highest BCUT2D eigenvalue weighted by molar-refractivity contribution is 14.0. The molecule has 0 spiro atoms. The molecule has 128 valence electrons. The van der Waals surface area contributed by atoms with Crippen molar-refractivity contribution in [1.29, 1.82) is 0 Å². The third-order valence-electron chi connectivity index (χ3n) is 3.78. The maximum atomic E-state index is 4.72. The lowest BCUT2D eigenvalue weighted by molar-refractivity contribution is 0.204. The predicted molar refractivity (Wildman–Crippen MR) is 110 cm³/mol. The van der Waals surface area contributed by atoms with Crippen LogP contribution in [0.4, 0.5) is 0 Å². The molecule has 0 aliphatic heterocycles. The minimum Gasteiger partial charge on any atom is -0.357 e. The molecule has 0 aromatic carbocycles. The van der Waals surface area contributed by atoms with Crippen LogP contribution < -0.4 is 10.6 Å². The third kappa shape index (κ3) is 7.28. The van der Waals surface area contributed by atoms with E-state index in [-0.39, 0.29) is 29.5 Å². The number of aliphatic imine (C=N–C) groups is 1. The van der Waals surface area contributed by atoms with E-state index in [9.17, 15) is 0 Å². The second kappa shape index (κ2) is 10.4. The molecule has 1 atom stereocenters. The van der Waals surface area contributed by atoms with E-state index in [0.717, 1.165) is 25.6 Å². The third-order valence-corrected chi connectivity index (χ3v) is 4.89. The molecule has 2 N–H and O–H groups in total. The van der Waals surface area contributed by atoms with E-state index in [1.54, 1.807) is 0 Å². The zero-order valence-corrected chi connectivity index (χ0v) is 17.8. The van der Waals surface area contributed by atoms with Crippen molar-refractivity contribution < 1.29 is 0 Å². The van der Waals surface area contributed by atoms with Gasteiger partial charge < -0.3 is 15.5 Å². The van der Waals surface area contributed by atoms with E-state index in [2.05, 4.69) is 74.8 Å². The topological polar surface area (TPSA) is 39.7 Å². The maximum Gasteiger partial charge on any atom is 0.191 e. The summed E-state index contributed by atoms with van der Waals surface area (Å²) in [5, 5.41) is 8.90. The Kier molecular flexibility index (Phi) is 10.3. The monoisotopic (exact) mass is 438 g/mol. The fourth-order valence-corrected chi connectivity index (χ4v) is 2.46. The number of hydrogen-bond donors (Lipinski definition) is 2. The molecule has 1 heterocycles. The van der Waals surface area contributed by atoms with Crippen LogP contribution in [0.25, 0.3) is 0 Å². The molecule has 4 nitrogen and oxygen atoms in total. The van der Waals surface area contributed by atoms with Crippen molar-refractivity contribution in [2.45, 2.75) is 39.2 Å². The molecule has 0 radical (unpaired) electrons. The Labute approximate surface area is 156 Å². The quantitative estimate of drug-likeness (QED) is 0.390. The molecule has 1 rings (SSSR count). The van der Waals surface area contributed by atoms with Gasteiger partial charge in [0.25, 0.3) is 0 Å². The summed E-state index contributed by atoms with van der Waals surface area (Å²) in [4.78, 5) is 8.33. The van der Waals surface area contributed by atoms with Gasteiger partial charge in [-0.2, -0.15) is 0 Å². The van der Waals surface area contributed by atoms with Gasteiger partial charge in [0.2, 0.25) is 0 Å². The van der Waals surface area contributed by atoms with Crippen LogP contribution in [0, 0.1) is 0 Å². The van der Waals surface area contributed by atoms with Crippen LogP contribution in [0.2, 0.25) is 0 Å². The van der Waals surface area contributed by atoms with Crippen molar-refractivity contribution in [2.24, 2.45) is 4.99 Å². The van der Waals surface area contributed by atoms with Gasteiger partial charge in [-0.25, -0.2) is 0 Å². The second-order valence-corrected chi connectivity index (χ2v) is 7.18. The molecule has 0 bridgehead atoms. The Hall–Kier alpha value is -0.340. The predicted octanol–water partition coefficient (Wildman–Crippen LogP) is 3.36. The van der Waals surface area contributed by atoms with Gasteiger partial charge in [0.1, 0.15) is 0 Å². The van der Waals surface area contributed by atoms with Crippen LogP contribution in [0.15, 0.2) is 22.5 Å². The summed E-state index contributed by atoms with van der Waals surface area (Å²) in [6, 6.07) is 4.30. The van der Waals surface area contributed by atoms with Crippen molar-refractivity contribution in [3.8, 4) is 0 Å². The Balaban J connectivity index is 0.00000441.